The van der Waals surface area contributed by atoms with Crippen molar-refractivity contribution < 1.29 is 14.6 Å². The molecule has 2 N–H and O–H groups in total. The molecule has 100 valence electrons. The predicted octanol–water partition coefficient (Wildman–Crippen LogP) is 1.51. The second kappa shape index (κ2) is 8.24. The van der Waals surface area contributed by atoms with Gasteiger partial charge in [-0.1, -0.05) is 28.1 Å². The Morgan fingerprint density at radius 1 is 1.44 bits per heavy atom. The van der Waals surface area contributed by atoms with Gasteiger partial charge in [-0.15, -0.1) is 0 Å². The molecule has 0 bridgehead atoms. The third-order valence-corrected chi connectivity index (χ3v) is 3.02. The van der Waals surface area contributed by atoms with Gasteiger partial charge in [-0.3, -0.25) is 4.79 Å². The molecule has 0 spiro atoms. The predicted molar refractivity (Wildman–Crippen MR) is 73.4 cm³/mol. The highest BCUT2D eigenvalue weighted by atomic mass is 79.9. The highest BCUT2D eigenvalue weighted by Gasteiger charge is 2.11. The van der Waals surface area contributed by atoms with Gasteiger partial charge in [0.2, 0.25) is 5.91 Å². The van der Waals surface area contributed by atoms with Crippen molar-refractivity contribution in [2.45, 2.75) is 18.9 Å². The molecule has 1 aromatic carbocycles. The van der Waals surface area contributed by atoms with Gasteiger partial charge in [0.25, 0.3) is 0 Å². The van der Waals surface area contributed by atoms with Crippen LogP contribution in [0, 0.1) is 0 Å². The maximum absolute atomic E-state index is 11.8. The summed E-state index contributed by atoms with van der Waals surface area (Å²) in [6.07, 6.45) is 0.832. The third kappa shape index (κ3) is 5.62. The molecule has 0 aliphatic heterocycles. The maximum Gasteiger partial charge on any atom is 0.224 e. The van der Waals surface area contributed by atoms with E-state index in [-0.39, 0.29) is 18.6 Å². The summed E-state index contributed by atoms with van der Waals surface area (Å²) >= 11 is 3.35. The van der Waals surface area contributed by atoms with E-state index in [1.165, 1.54) is 0 Å². The lowest BCUT2D eigenvalue weighted by Crippen LogP contribution is -2.39. The van der Waals surface area contributed by atoms with E-state index >= 15 is 0 Å². The normalized spacial score (nSPS) is 12.2. The van der Waals surface area contributed by atoms with Crippen molar-refractivity contribution in [2.24, 2.45) is 0 Å². The monoisotopic (exact) mass is 315 g/mol. The van der Waals surface area contributed by atoms with Gasteiger partial charge in [0, 0.05) is 18.2 Å². The Hall–Kier alpha value is -0.910. The van der Waals surface area contributed by atoms with E-state index in [1.807, 2.05) is 24.3 Å². The highest BCUT2D eigenvalue weighted by Crippen LogP contribution is 2.10. The van der Waals surface area contributed by atoms with Gasteiger partial charge >= 0.3 is 0 Å². The molecule has 1 amide bonds. The Morgan fingerprint density at radius 2 is 2.11 bits per heavy atom. The number of amides is 1. The number of hydrogen-bond donors (Lipinski definition) is 2. The second-order valence-corrected chi connectivity index (χ2v) is 4.95. The van der Waals surface area contributed by atoms with Crippen LogP contribution in [0.15, 0.2) is 28.7 Å². The Labute approximate surface area is 115 Å². The molecule has 0 aliphatic carbocycles. The molecular formula is C13H18BrNO3. The molecule has 5 heteroatoms. The summed E-state index contributed by atoms with van der Waals surface area (Å²) in [5.74, 6) is -0.0622. The molecule has 1 atom stereocenters. The van der Waals surface area contributed by atoms with Gasteiger partial charge in [0.1, 0.15) is 0 Å². The zero-order chi connectivity index (χ0) is 13.4. The van der Waals surface area contributed by atoms with E-state index in [2.05, 4.69) is 21.2 Å². The first kappa shape index (κ1) is 15.1. The maximum atomic E-state index is 11.8. The minimum Gasteiger partial charge on any atom is -0.396 e. The number of nitrogens with one attached hydrogen (secondary N) is 1. The molecule has 18 heavy (non-hydrogen) atoms. The molecule has 0 heterocycles. The summed E-state index contributed by atoms with van der Waals surface area (Å²) in [6.45, 7) is 0.444. The largest absolute Gasteiger partial charge is 0.396 e. The smallest absolute Gasteiger partial charge is 0.224 e. The summed E-state index contributed by atoms with van der Waals surface area (Å²) in [4.78, 5) is 11.8. The Balaban J connectivity index is 2.46. The molecule has 1 rings (SSSR count). The van der Waals surface area contributed by atoms with Crippen molar-refractivity contribution in [1.29, 1.82) is 0 Å². The van der Waals surface area contributed by atoms with Gasteiger partial charge < -0.3 is 15.2 Å². The van der Waals surface area contributed by atoms with Crippen LogP contribution >= 0.6 is 15.9 Å². The van der Waals surface area contributed by atoms with E-state index < -0.39 is 0 Å². The van der Waals surface area contributed by atoms with Crippen LogP contribution in [0.4, 0.5) is 0 Å². The first-order valence-corrected chi connectivity index (χ1v) is 6.58. The van der Waals surface area contributed by atoms with Crippen LogP contribution in [0.1, 0.15) is 12.0 Å². The molecule has 0 saturated carbocycles. The summed E-state index contributed by atoms with van der Waals surface area (Å²) in [5.41, 5.74) is 0.955. The molecule has 0 radical (unpaired) electrons. The fourth-order valence-corrected chi connectivity index (χ4v) is 1.88. The Kier molecular flexibility index (Phi) is 6.93. The Morgan fingerprint density at radius 3 is 2.67 bits per heavy atom. The number of ether oxygens (including phenoxy) is 1. The summed E-state index contributed by atoms with van der Waals surface area (Å²) in [6, 6.07) is 7.48. The highest BCUT2D eigenvalue weighted by molar-refractivity contribution is 9.10. The zero-order valence-electron chi connectivity index (χ0n) is 10.4. The number of carbonyl (C=O) groups excluding carboxylic acids is 1. The molecule has 0 aliphatic rings. The van der Waals surface area contributed by atoms with Gasteiger partial charge in [0.05, 0.1) is 19.1 Å². The van der Waals surface area contributed by atoms with E-state index in [0.29, 0.717) is 19.4 Å². The zero-order valence-corrected chi connectivity index (χ0v) is 11.9. The first-order valence-electron chi connectivity index (χ1n) is 5.79. The van der Waals surface area contributed by atoms with E-state index in [4.69, 9.17) is 9.84 Å². The average Bonchev–Trinajstić information content (AvgIpc) is 2.33. The van der Waals surface area contributed by atoms with E-state index in [0.717, 1.165) is 10.0 Å². The van der Waals surface area contributed by atoms with Crippen LogP contribution in [-0.4, -0.2) is 37.4 Å². The van der Waals surface area contributed by atoms with Crippen molar-refractivity contribution in [1.82, 2.24) is 5.32 Å². The van der Waals surface area contributed by atoms with Crippen LogP contribution in [0.25, 0.3) is 0 Å². The molecule has 0 fully saturated rings. The van der Waals surface area contributed by atoms with Crippen molar-refractivity contribution >= 4 is 21.8 Å². The number of methoxy groups -OCH3 is 1. The molecule has 1 unspecified atom stereocenters. The van der Waals surface area contributed by atoms with E-state index in [1.54, 1.807) is 7.11 Å². The van der Waals surface area contributed by atoms with Crippen molar-refractivity contribution in [3.8, 4) is 0 Å². The number of aliphatic hydroxyl groups is 1. The molecule has 4 nitrogen and oxygen atoms in total. The fourth-order valence-electron chi connectivity index (χ4n) is 1.62. The van der Waals surface area contributed by atoms with Crippen LogP contribution in [0.2, 0.25) is 0 Å². The quantitative estimate of drug-likeness (QED) is 0.802. The molecular weight excluding hydrogens is 298 g/mol. The summed E-state index contributed by atoms with van der Waals surface area (Å²) in [5, 5.41) is 11.7. The number of halogens is 1. The molecule has 0 aromatic heterocycles. The average molecular weight is 316 g/mol. The summed E-state index contributed by atoms with van der Waals surface area (Å²) < 4.78 is 5.98. The third-order valence-electron chi connectivity index (χ3n) is 2.49. The Bertz CT molecular complexity index is 361. The second-order valence-electron chi connectivity index (χ2n) is 4.04. The van der Waals surface area contributed by atoms with Crippen LogP contribution in [-0.2, 0) is 16.0 Å². The molecule has 0 saturated heterocycles. The number of rotatable bonds is 7. The van der Waals surface area contributed by atoms with Crippen LogP contribution in [0.5, 0.6) is 0 Å². The van der Waals surface area contributed by atoms with Crippen LogP contribution < -0.4 is 5.32 Å². The summed E-state index contributed by atoms with van der Waals surface area (Å²) in [7, 11) is 1.57. The number of hydrogen-bond acceptors (Lipinski definition) is 3. The topological polar surface area (TPSA) is 58.6 Å². The van der Waals surface area contributed by atoms with Crippen molar-refractivity contribution in [3.05, 3.63) is 34.3 Å². The first-order chi connectivity index (χ1) is 8.65. The standard InChI is InChI=1S/C13H18BrNO3/c1-18-9-12(6-7-16)15-13(17)8-10-2-4-11(14)5-3-10/h2-5,12,16H,6-9H2,1H3,(H,15,17). The lowest BCUT2D eigenvalue weighted by Gasteiger charge is -2.16. The van der Waals surface area contributed by atoms with Gasteiger partial charge in [0.15, 0.2) is 0 Å². The van der Waals surface area contributed by atoms with Gasteiger partial charge in [-0.2, -0.15) is 0 Å². The number of aliphatic hydroxyl groups excluding tert-OH is 1. The molecule has 1 aromatic rings. The van der Waals surface area contributed by atoms with Crippen molar-refractivity contribution in [3.63, 3.8) is 0 Å². The lowest BCUT2D eigenvalue weighted by molar-refractivity contribution is -0.121. The lowest BCUT2D eigenvalue weighted by atomic mass is 10.1. The van der Waals surface area contributed by atoms with Crippen LogP contribution in [0.3, 0.4) is 0 Å². The number of carbonyl (C=O) groups is 1. The van der Waals surface area contributed by atoms with Gasteiger partial charge in [-0.05, 0) is 24.1 Å². The van der Waals surface area contributed by atoms with Gasteiger partial charge in [-0.25, -0.2) is 0 Å². The van der Waals surface area contributed by atoms with Crippen molar-refractivity contribution in [2.75, 3.05) is 20.3 Å². The van der Waals surface area contributed by atoms with E-state index in [9.17, 15) is 4.79 Å². The minimum atomic E-state index is -0.136. The number of benzene rings is 1. The fraction of sp³-hybridized carbons (Fsp3) is 0.462. The minimum absolute atomic E-state index is 0.0343. The SMILES string of the molecule is COCC(CCO)NC(=O)Cc1ccc(Br)cc1.